The molecule has 6 heteroatoms. The summed E-state index contributed by atoms with van der Waals surface area (Å²) in [7, 11) is 0. The molecule has 1 unspecified atom stereocenters. The normalized spacial score (nSPS) is 22.0. The summed E-state index contributed by atoms with van der Waals surface area (Å²) >= 11 is 0. The number of carbonyl (C=O) groups is 1. The highest BCUT2D eigenvalue weighted by atomic mass is 16.5. The fraction of sp³-hybridized carbons (Fsp3) is 0.435. The molecule has 2 aromatic rings. The number of nitroso groups, excluding NO2 is 1. The van der Waals surface area contributed by atoms with Gasteiger partial charge in [0.1, 0.15) is 11.8 Å². The number of hydrogen-bond acceptors (Lipinski definition) is 5. The average Bonchev–Trinajstić information content (AvgIpc) is 2.77. The lowest BCUT2D eigenvalue weighted by molar-refractivity contribution is -0.161. The quantitative estimate of drug-likeness (QED) is 0.723. The number of amides is 1. The molecule has 152 valence electrons. The Bertz CT molecular complexity index is 863. The molecule has 0 saturated carbocycles. The van der Waals surface area contributed by atoms with E-state index in [-0.39, 0.29) is 11.5 Å². The van der Waals surface area contributed by atoms with E-state index in [0.717, 1.165) is 50.1 Å². The number of benzene rings is 2. The van der Waals surface area contributed by atoms with Gasteiger partial charge < -0.3 is 14.5 Å². The van der Waals surface area contributed by atoms with Crippen LogP contribution >= 0.6 is 0 Å². The van der Waals surface area contributed by atoms with Crippen LogP contribution in [0.4, 0.5) is 11.4 Å². The first kappa shape index (κ1) is 19.7. The van der Waals surface area contributed by atoms with Crippen molar-refractivity contribution in [2.24, 2.45) is 5.18 Å². The van der Waals surface area contributed by atoms with Crippen LogP contribution in [0.1, 0.15) is 25.3 Å². The van der Waals surface area contributed by atoms with Crippen LogP contribution in [0.25, 0.3) is 0 Å². The number of carbonyl (C=O) groups excluding carboxylic acids is 1. The van der Waals surface area contributed by atoms with Crippen molar-refractivity contribution in [3.8, 4) is 0 Å². The van der Waals surface area contributed by atoms with E-state index < -0.39 is 6.10 Å². The van der Waals surface area contributed by atoms with Gasteiger partial charge in [0.15, 0.2) is 0 Å². The van der Waals surface area contributed by atoms with Gasteiger partial charge in [-0.2, -0.15) is 0 Å². The minimum absolute atomic E-state index is 0.0298. The molecule has 1 atom stereocenters. The molecular formula is C23H27N3O3. The highest BCUT2D eigenvalue weighted by Crippen LogP contribution is 2.35. The Kier molecular flexibility index (Phi) is 5.74. The minimum Gasteiger partial charge on any atom is -0.360 e. The molecule has 0 bridgehead atoms. The number of para-hydroxylation sites is 1. The Hall–Kier alpha value is -2.57. The first-order valence-electron chi connectivity index (χ1n) is 10.3. The van der Waals surface area contributed by atoms with E-state index in [9.17, 15) is 9.70 Å². The molecule has 29 heavy (non-hydrogen) atoms. The predicted molar refractivity (Wildman–Crippen MR) is 113 cm³/mol. The van der Waals surface area contributed by atoms with Gasteiger partial charge in [-0.15, -0.1) is 4.91 Å². The molecule has 2 fully saturated rings. The van der Waals surface area contributed by atoms with Gasteiger partial charge in [-0.1, -0.05) is 36.4 Å². The third-order valence-electron chi connectivity index (χ3n) is 6.11. The summed E-state index contributed by atoms with van der Waals surface area (Å²) in [5, 5.41) is 3.13. The van der Waals surface area contributed by atoms with Crippen molar-refractivity contribution in [1.29, 1.82) is 0 Å². The summed E-state index contributed by atoms with van der Waals surface area (Å²) in [6.07, 6.45) is 2.16. The van der Waals surface area contributed by atoms with E-state index in [0.29, 0.717) is 12.2 Å². The van der Waals surface area contributed by atoms with Crippen molar-refractivity contribution < 1.29 is 9.53 Å². The Morgan fingerprint density at radius 2 is 1.76 bits per heavy atom. The molecule has 0 radical (unpaired) electrons. The maximum atomic E-state index is 12.7. The number of anilines is 1. The summed E-state index contributed by atoms with van der Waals surface area (Å²) in [5.74, 6) is 0.0298. The van der Waals surface area contributed by atoms with Crippen LogP contribution in [0, 0.1) is 4.91 Å². The van der Waals surface area contributed by atoms with Gasteiger partial charge in [-0.3, -0.25) is 4.79 Å². The fourth-order valence-electron chi connectivity index (χ4n) is 4.42. The second-order valence-corrected chi connectivity index (χ2v) is 8.01. The molecule has 1 amide bonds. The average molecular weight is 393 g/mol. The van der Waals surface area contributed by atoms with Crippen LogP contribution in [-0.4, -0.2) is 48.7 Å². The molecule has 0 N–H and O–H groups in total. The molecule has 2 aromatic carbocycles. The number of nitrogens with zero attached hydrogens (tertiary/aromatic N) is 3. The van der Waals surface area contributed by atoms with Crippen LogP contribution in [0.15, 0.2) is 59.8 Å². The number of hydrogen-bond donors (Lipinski definition) is 0. The standard InChI is InChI=1S/C23H27N3O3/c1-18-22(27)26(20-8-3-2-4-9-20)17-23(29-18)12-15-25(16-13-23)14-11-19-7-5-6-10-21(19)24-28/h2-10,18H,11-17H2,1H3. The Morgan fingerprint density at radius 3 is 2.48 bits per heavy atom. The smallest absolute Gasteiger partial charge is 0.255 e. The highest BCUT2D eigenvalue weighted by Gasteiger charge is 2.45. The van der Waals surface area contributed by atoms with Gasteiger partial charge in [0, 0.05) is 25.3 Å². The fourth-order valence-corrected chi connectivity index (χ4v) is 4.42. The van der Waals surface area contributed by atoms with Gasteiger partial charge in [-0.25, -0.2) is 0 Å². The van der Waals surface area contributed by atoms with Gasteiger partial charge >= 0.3 is 0 Å². The molecule has 0 aliphatic carbocycles. The van der Waals surface area contributed by atoms with Crippen molar-refractivity contribution in [3.05, 3.63) is 65.1 Å². The Morgan fingerprint density at radius 1 is 1.07 bits per heavy atom. The zero-order valence-electron chi connectivity index (χ0n) is 16.8. The SMILES string of the molecule is CC1OC2(CCN(CCc3ccccc3N=O)CC2)CN(c2ccccc2)C1=O. The number of piperidine rings is 1. The molecule has 2 aliphatic rings. The monoisotopic (exact) mass is 393 g/mol. The van der Waals surface area contributed by atoms with Gasteiger partial charge in [0.25, 0.3) is 5.91 Å². The molecule has 6 nitrogen and oxygen atoms in total. The number of morpholine rings is 1. The Balaban J connectivity index is 1.39. The predicted octanol–water partition coefficient (Wildman–Crippen LogP) is 3.91. The number of rotatable bonds is 5. The molecule has 0 aromatic heterocycles. The van der Waals surface area contributed by atoms with Crippen LogP contribution in [-0.2, 0) is 16.0 Å². The van der Waals surface area contributed by atoms with E-state index in [1.54, 1.807) is 6.07 Å². The molecule has 2 saturated heterocycles. The Labute approximate surface area is 171 Å². The topological polar surface area (TPSA) is 62.2 Å². The van der Waals surface area contributed by atoms with Crippen LogP contribution in [0.5, 0.6) is 0 Å². The van der Waals surface area contributed by atoms with Crippen LogP contribution in [0.2, 0.25) is 0 Å². The number of likely N-dealkylation sites (tertiary alicyclic amines) is 1. The van der Waals surface area contributed by atoms with Crippen molar-refractivity contribution in [1.82, 2.24) is 4.90 Å². The first-order valence-corrected chi connectivity index (χ1v) is 10.3. The zero-order valence-corrected chi connectivity index (χ0v) is 16.8. The van der Waals surface area contributed by atoms with E-state index in [4.69, 9.17) is 4.74 Å². The van der Waals surface area contributed by atoms with Crippen molar-refractivity contribution in [2.45, 2.75) is 37.9 Å². The lowest BCUT2D eigenvalue weighted by Crippen LogP contribution is -2.61. The second kappa shape index (κ2) is 8.43. The lowest BCUT2D eigenvalue weighted by atomic mass is 9.88. The maximum absolute atomic E-state index is 12.7. The number of ether oxygens (including phenoxy) is 1. The van der Waals surface area contributed by atoms with E-state index in [1.807, 2.05) is 60.4 Å². The van der Waals surface area contributed by atoms with Gasteiger partial charge in [0.05, 0.1) is 12.1 Å². The first-order chi connectivity index (χ1) is 14.1. The van der Waals surface area contributed by atoms with E-state index in [1.165, 1.54) is 0 Å². The molecular weight excluding hydrogens is 366 g/mol. The van der Waals surface area contributed by atoms with Crippen molar-refractivity contribution in [3.63, 3.8) is 0 Å². The molecule has 2 heterocycles. The zero-order chi connectivity index (χ0) is 20.3. The summed E-state index contributed by atoms with van der Waals surface area (Å²) in [6, 6.07) is 17.4. The molecule has 1 spiro atoms. The summed E-state index contributed by atoms with van der Waals surface area (Å²) in [5.41, 5.74) is 2.17. The van der Waals surface area contributed by atoms with Gasteiger partial charge in [-0.05, 0) is 55.1 Å². The van der Waals surface area contributed by atoms with Crippen LogP contribution < -0.4 is 4.90 Å². The third-order valence-corrected chi connectivity index (χ3v) is 6.11. The maximum Gasteiger partial charge on any atom is 0.255 e. The second-order valence-electron chi connectivity index (χ2n) is 8.01. The largest absolute Gasteiger partial charge is 0.360 e. The van der Waals surface area contributed by atoms with Crippen molar-refractivity contribution >= 4 is 17.3 Å². The molecule has 2 aliphatic heterocycles. The third kappa shape index (κ3) is 4.23. The minimum atomic E-state index is -0.430. The summed E-state index contributed by atoms with van der Waals surface area (Å²) < 4.78 is 6.25. The van der Waals surface area contributed by atoms with Crippen LogP contribution in [0.3, 0.4) is 0 Å². The van der Waals surface area contributed by atoms with E-state index in [2.05, 4.69) is 10.1 Å². The summed E-state index contributed by atoms with van der Waals surface area (Å²) in [4.78, 5) is 28.0. The molecule has 4 rings (SSSR count). The van der Waals surface area contributed by atoms with E-state index >= 15 is 0 Å². The van der Waals surface area contributed by atoms with Gasteiger partial charge in [0.2, 0.25) is 0 Å². The van der Waals surface area contributed by atoms with Crippen molar-refractivity contribution in [2.75, 3.05) is 31.1 Å². The summed E-state index contributed by atoms with van der Waals surface area (Å²) in [6.45, 7) is 5.18. The highest BCUT2D eigenvalue weighted by molar-refractivity contribution is 5.97. The lowest BCUT2D eigenvalue weighted by Gasteiger charge is -2.49.